The summed E-state index contributed by atoms with van der Waals surface area (Å²) in [6.07, 6.45) is 6.06. The number of nitrogens with two attached hydrogens (primary N) is 9. The number of carboxylic acids is 1. The average Bonchev–Trinajstić information content (AvgIpc) is 1.29. The zero-order valence-electron chi connectivity index (χ0n) is 79.6. The van der Waals surface area contributed by atoms with Crippen LogP contribution in [0.1, 0.15) is 168 Å². The van der Waals surface area contributed by atoms with Gasteiger partial charge in [-0.15, -0.1) is 0 Å². The Morgan fingerprint density at radius 3 is 0.871 bits per heavy atom. The van der Waals surface area contributed by atoms with Gasteiger partial charge in [0, 0.05) is 37.9 Å². The maximum atomic E-state index is 14.5. The van der Waals surface area contributed by atoms with Crippen molar-refractivity contribution in [1.29, 1.82) is 16.2 Å². The molecule has 12 unspecified atom stereocenters. The highest BCUT2D eigenvalue weighted by Crippen LogP contribution is 2.13. The van der Waals surface area contributed by atoms with Crippen LogP contribution in [0, 0.1) is 22.1 Å². The summed E-state index contributed by atoms with van der Waals surface area (Å²) >= 11 is 0. The highest BCUT2D eigenvalue weighted by Gasteiger charge is 2.36. The zero-order valence-corrected chi connectivity index (χ0v) is 79.6. The Morgan fingerprint density at radius 2 is 0.571 bits per heavy atom. The van der Waals surface area contributed by atoms with E-state index >= 15 is 0 Å². The second kappa shape index (κ2) is 72.5. The Hall–Kier alpha value is -13.9. The molecule has 0 radical (unpaired) electrons. The minimum atomic E-state index is -1.51. The van der Waals surface area contributed by atoms with Crippen molar-refractivity contribution in [1.82, 2.24) is 127 Å². The lowest BCUT2D eigenvalue weighted by Crippen LogP contribution is -2.60. The summed E-state index contributed by atoms with van der Waals surface area (Å²) in [7, 11) is 0. The Kier molecular flexibility index (Phi) is 64.3. The number of carbonyl (C=O) groups excluding carboxylic acids is 19. The number of imidazole rings is 1. The summed E-state index contributed by atoms with van der Waals surface area (Å²) in [4.78, 5) is 275. The van der Waals surface area contributed by atoms with Crippen LogP contribution in [0.15, 0.2) is 12.5 Å². The number of aromatic amines is 1. The highest BCUT2D eigenvalue weighted by molar-refractivity contribution is 6.00. The number of hydrogen-bond donors (Lipinski definition) is 37. The molecule has 0 aliphatic rings. The van der Waals surface area contributed by atoms with Crippen molar-refractivity contribution in [2.45, 2.75) is 241 Å². The number of hydrogen-bond acceptors (Lipinski definition) is 31. The van der Waals surface area contributed by atoms with Gasteiger partial charge in [0.2, 0.25) is 112 Å². The predicted octanol–water partition coefficient (Wildman–Crippen LogP) is -14.9. The molecule has 12 atom stereocenters. The zero-order chi connectivity index (χ0) is 105. The number of carbonyl (C=O) groups is 20. The summed E-state index contributed by atoms with van der Waals surface area (Å²) in [5.41, 5.74) is 50.5. The van der Waals surface area contributed by atoms with Gasteiger partial charge in [-0.2, -0.15) is 0 Å². The van der Waals surface area contributed by atoms with E-state index in [0.29, 0.717) is 63.5 Å². The van der Waals surface area contributed by atoms with Crippen LogP contribution in [0.5, 0.6) is 0 Å². The molecule has 19 amide bonds. The number of guanidine groups is 3. The van der Waals surface area contributed by atoms with E-state index < -0.39 is 256 Å². The third-order valence-electron chi connectivity index (χ3n) is 20.5. The van der Waals surface area contributed by atoms with Gasteiger partial charge in [0.1, 0.15) is 72.5 Å². The molecule has 0 aliphatic heterocycles. The maximum absolute atomic E-state index is 14.5. The quantitative estimate of drug-likeness (QED) is 0.0164. The smallest absolute Gasteiger partial charge is 0.326 e. The predicted molar refractivity (Wildman–Crippen MR) is 507 cm³/mol. The number of carboxylic acid groups (broad SMARTS) is 1. The second-order valence-electron chi connectivity index (χ2n) is 33.0. The Morgan fingerprint density at radius 1 is 0.314 bits per heavy atom. The minimum Gasteiger partial charge on any atom is -0.480 e. The molecule has 46 N–H and O–H groups in total. The molecule has 790 valence electrons. The SMILES string of the molecule is CC(C)CC(NC(=O)CNC(=O)C(CCCCN)NC(=O)CNC(=O)CNC(=O)C(CCCCN)NC(=O)CNC(=O)C(CCCNC(=N)N)NC(=O)CNC(=O)C(N)CO)C(=O)NCC(=O)NC(CCCCN)C(=O)NCC(=O)NCC(=O)NC(C)C(=O)NC(CCCCN)C(=O)NC(CCCNC(=N)N)C(=O)NC(Cc1cnc[nH]1)C(=O)NC(CCCNC(=N)N)C(=O)NC(CCCCN)C(=O)O. The highest BCUT2D eigenvalue weighted by atomic mass is 16.4. The Balaban J connectivity index is 3.11. The van der Waals surface area contributed by atoms with E-state index in [0.717, 1.165) is 0 Å². The van der Waals surface area contributed by atoms with Gasteiger partial charge in [0.05, 0.1) is 65.3 Å². The summed E-state index contributed by atoms with van der Waals surface area (Å²) < 4.78 is 0. The number of rotatable bonds is 76. The van der Waals surface area contributed by atoms with Gasteiger partial charge in [-0.1, -0.05) is 13.8 Å². The van der Waals surface area contributed by atoms with Gasteiger partial charge in [0.25, 0.3) is 0 Å². The topological polar surface area (TPSA) is 981 Å². The third-order valence-corrected chi connectivity index (χ3v) is 20.5. The van der Waals surface area contributed by atoms with Crippen molar-refractivity contribution in [2.24, 2.45) is 57.5 Å². The first-order valence-electron chi connectivity index (χ1n) is 46.3. The fraction of sp³-hybridized carbons (Fsp3) is 0.683. The van der Waals surface area contributed by atoms with Gasteiger partial charge in [-0.25, -0.2) is 9.78 Å². The molecule has 0 aromatic carbocycles. The number of aliphatic carboxylic acids is 1. The van der Waals surface area contributed by atoms with Crippen LogP contribution in [0.4, 0.5) is 0 Å². The monoisotopic (exact) mass is 1990 g/mol. The van der Waals surface area contributed by atoms with Gasteiger partial charge >= 0.3 is 5.97 Å². The van der Waals surface area contributed by atoms with Crippen molar-refractivity contribution in [3.63, 3.8) is 0 Å². The fourth-order valence-corrected chi connectivity index (χ4v) is 13.0. The summed E-state index contributed by atoms with van der Waals surface area (Å²) in [6.45, 7) is -0.410. The molecular formula is C82H150N36O22. The first-order valence-corrected chi connectivity index (χ1v) is 46.3. The van der Waals surface area contributed by atoms with E-state index in [9.17, 15) is 101 Å². The van der Waals surface area contributed by atoms with Crippen LogP contribution >= 0.6 is 0 Å². The largest absolute Gasteiger partial charge is 0.480 e. The summed E-state index contributed by atoms with van der Waals surface area (Å²) in [6, 6.07) is -16.3. The first kappa shape index (κ1) is 124. The van der Waals surface area contributed by atoms with E-state index in [-0.39, 0.29) is 160 Å². The van der Waals surface area contributed by atoms with Crippen molar-refractivity contribution in [3.8, 4) is 0 Å². The molecule has 1 rings (SSSR count). The number of nitrogens with one attached hydrogen (secondary N) is 26. The average molecular weight is 1990 g/mol. The molecule has 1 heterocycles. The fourth-order valence-electron chi connectivity index (χ4n) is 13.0. The van der Waals surface area contributed by atoms with E-state index in [1.54, 1.807) is 13.8 Å². The van der Waals surface area contributed by atoms with Gasteiger partial charge in [-0.05, 0) is 187 Å². The van der Waals surface area contributed by atoms with Gasteiger partial charge in [0.15, 0.2) is 17.9 Å². The van der Waals surface area contributed by atoms with Crippen LogP contribution in [0.2, 0.25) is 0 Å². The van der Waals surface area contributed by atoms with Crippen molar-refractivity contribution >= 4 is 136 Å². The lowest BCUT2D eigenvalue weighted by Gasteiger charge is -2.27. The molecule has 0 saturated heterocycles. The molecule has 0 aliphatic carbocycles. The lowest BCUT2D eigenvalue weighted by atomic mass is 10.0. The second-order valence-corrected chi connectivity index (χ2v) is 33.0. The molecule has 0 fully saturated rings. The Bertz CT molecular complexity index is 4150. The first-order chi connectivity index (χ1) is 66.5. The number of aliphatic hydroxyl groups excluding tert-OH is 1. The summed E-state index contributed by atoms with van der Waals surface area (Å²) in [5.74, 6) is -19.4. The molecular weight excluding hydrogens is 1840 g/mol. The van der Waals surface area contributed by atoms with Gasteiger partial charge < -0.3 is 184 Å². The number of nitrogens with zero attached hydrogens (tertiary/aromatic N) is 1. The number of H-pyrrole nitrogens is 1. The van der Waals surface area contributed by atoms with Crippen molar-refractivity contribution in [2.75, 3.05) is 111 Å². The van der Waals surface area contributed by atoms with Crippen LogP contribution in [0.25, 0.3) is 0 Å². The lowest BCUT2D eigenvalue weighted by molar-refractivity contribution is -0.142. The number of unbranched alkanes of at least 4 members (excludes halogenated alkanes) is 5. The molecule has 58 nitrogen and oxygen atoms in total. The van der Waals surface area contributed by atoms with Crippen molar-refractivity contribution in [3.05, 3.63) is 18.2 Å². The Labute approximate surface area is 810 Å². The van der Waals surface area contributed by atoms with Crippen LogP contribution < -0.4 is 169 Å². The molecule has 0 saturated carbocycles. The van der Waals surface area contributed by atoms with Crippen LogP contribution in [-0.4, -0.2) is 340 Å². The molecule has 58 heteroatoms. The number of aliphatic hydroxyl groups is 1. The van der Waals surface area contributed by atoms with E-state index in [1.165, 1.54) is 19.4 Å². The number of aromatic nitrogens is 2. The van der Waals surface area contributed by atoms with Crippen LogP contribution in [-0.2, 0) is 102 Å². The van der Waals surface area contributed by atoms with Crippen LogP contribution in [0.3, 0.4) is 0 Å². The molecule has 140 heavy (non-hydrogen) atoms. The molecule has 0 spiro atoms. The molecule has 0 bridgehead atoms. The minimum absolute atomic E-state index is 0.00286. The van der Waals surface area contributed by atoms with Crippen molar-refractivity contribution < 1.29 is 106 Å². The number of amides is 19. The molecule has 1 aromatic heterocycles. The van der Waals surface area contributed by atoms with E-state index in [2.05, 4.69) is 127 Å². The van der Waals surface area contributed by atoms with E-state index in [1.807, 2.05) is 0 Å². The standard InChI is InChI=1S/C82H150N36O22/c1-46(2)33-58(113-67(127)43-105-72(132)52(19-6-11-27-85)109-63(123)39-100-61(121)37-103-70(130)50(17-4-9-25-83)110-65(125)41-104-73(133)53(22-14-30-96-80(89)90)112-64(124)40-101-69(129)49(88)44-119)74(134)106-42-66(126)111-51(18-5-10-26-84)71(131)102-36-60(120)99-38-62(122)108-47(3)68(128)114-54(20-7-12-28-86)75(135)115-56(24-16-32-98-82(93)94)77(137)118-59(34-48-35-95-45-107-48)78(138)116-55(23-15-31-97-81(91)92)76(136)117-57(79(139)140)21-8-13-29-87/h35,45-47,49-59,119H,4-34,36-44,83-88H2,1-3H3,(H,95,107)(H,99,120)(H,100,121)(H,101,129)(H,102,131)(H,103,130)(H,104,133)(H,105,132)(H,106,134)(H,108,122)(H,109,123)(H,110,125)(H,111,126)(H,112,124)(H,113,127)(H,114,128)(H,115,135)(H,116,138)(H,117,136)(H,118,137)(H,139,140)(H4,89,90,96)(H4,91,92,97)(H4,93,94,98). The van der Waals surface area contributed by atoms with Gasteiger partial charge in [-0.3, -0.25) is 107 Å². The molecule has 1 aromatic rings. The third kappa shape index (κ3) is 57.4. The maximum Gasteiger partial charge on any atom is 0.326 e. The summed E-state index contributed by atoms with van der Waals surface area (Å²) in [5, 5.41) is 95.7. The van der Waals surface area contributed by atoms with E-state index in [4.69, 9.17) is 72.9 Å². The normalized spacial score (nSPS) is 13.4.